The van der Waals surface area contributed by atoms with Crippen LogP contribution in [0.25, 0.3) is 0 Å². The molecule has 1 saturated heterocycles. The summed E-state index contributed by atoms with van der Waals surface area (Å²) in [6, 6.07) is 8.48. The summed E-state index contributed by atoms with van der Waals surface area (Å²) in [7, 11) is 0. The molecule has 4 heteroatoms. The highest BCUT2D eigenvalue weighted by atomic mass is 35.5. The highest BCUT2D eigenvalue weighted by Gasteiger charge is 2.34. The molecular formula is C18H29ClN2O. The van der Waals surface area contributed by atoms with E-state index in [-0.39, 0.29) is 23.7 Å². The molecule has 0 aliphatic carbocycles. The number of hydrogen-bond acceptors (Lipinski definition) is 2. The van der Waals surface area contributed by atoms with Crippen molar-refractivity contribution in [3.05, 3.63) is 35.4 Å². The van der Waals surface area contributed by atoms with Crippen molar-refractivity contribution in [1.29, 1.82) is 0 Å². The third kappa shape index (κ3) is 4.99. The number of carbonyl (C=O) groups is 1. The van der Waals surface area contributed by atoms with E-state index in [2.05, 4.69) is 45.0 Å². The van der Waals surface area contributed by atoms with Crippen LogP contribution in [0.1, 0.15) is 38.3 Å². The Morgan fingerprint density at radius 2 is 1.86 bits per heavy atom. The van der Waals surface area contributed by atoms with Gasteiger partial charge < -0.3 is 10.6 Å². The summed E-state index contributed by atoms with van der Waals surface area (Å²) >= 11 is 0. The van der Waals surface area contributed by atoms with Crippen LogP contribution in [0.2, 0.25) is 0 Å². The van der Waals surface area contributed by atoms with E-state index >= 15 is 0 Å². The van der Waals surface area contributed by atoms with Gasteiger partial charge in [0.2, 0.25) is 5.91 Å². The molecule has 0 aromatic heterocycles. The maximum atomic E-state index is 12.4. The first-order chi connectivity index (χ1) is 9.92. The molecule has 2 rings (SSSR count). The molecule has 1 unspecified atom stereocenters. The van der Waals surface area contributed by atoms with Gasteiger partial charge in [-0.2, -0.15) is 0 Å². The van der Waals surface area contributed by atoms with Crippen LogP contribution in [-0.2, 0) is 17.6 Å². The first-order valence-electron chi connectivity index (χ1n) is 7.97. The van der Waals surface area contributed by atoms with Crippen molar-refractivity contribution in [2.45, 2.75) is 40.0 Å². The lowest BCUT2D eigenvalue weighted by Crippen LogP contribution is -2.35. The van der Waals surface area contributed by atoms with Gasteiger partial charge in [-0.25, -0.2) is 0 Å². The molecule has 22 heavy (non-hydrogen) atoms. The molecule has 1 aromatic rings. The average molecular weight is 325 g/mol. The second-order valence-corrected chi connectivity index (χ2v) is 7.17. The van der Waals surface area contributed by atoms with Gasteiger partial charge >= 0.3 is 0 Å². The third-order valence-electron chi connectivity index (χ3n) is 4.43. The number of halogens is 1. The van der Waals surface area contributed by atoms with Gasteiger partial charge in [-0.15, -0.1) is 12.4 Å². The van der Waals surface area contributed by atoms with Crippen LogP contribution in [-0.4, -0.2) is 30.4 Å². The maximum absolute atomic E-state index is 12.4. The molecule has 0 saturated carbocycles. The largest absolute Gasteiger partial charge is 0.342 e. The molecule has 2 N–H and O–H groups in total. The van der Waals surface area contributed by atoms with Gasteiger partial charge in [0.15, 0.2) is 0 Å². The average Bonchev–Trinajstić information content (AvgIpc) is 2.84. The van der Waals surface area contributed by atoms with Gasteiger partial charge in [0, 0.05) is 13.1 Å². The number of likely N-dealkylation sites (tertiary alicyclic amines) is 1. The molecule has 1 heterocycles. The summed E-state index contributed by atoms with van der Waals surface area (Å²) in [5.41, 5.74) is 8.36. The topological polar surface area (TPSA) is 46.3 Å². The molecule has 0 bridgehead atoms. The SMILES string of the molecule is CC(C)Cc1ccc(CC(=O)N2CCC(C)(CN)C2)cc1.Cl. The number of amides is 1. The third-order valence-corrected chi connectivity index (χ3v) is 4.43. The van der Waals surface area contributed by atoms with Crippen LogP contribution in [0.3, 0.4) is 0 Å². The summed E-state index contributed by atoms with van der Waals surface area (Å²) in [5, 5.41) is 0. The summed E-state index contributed by atoms with van der Waals surface area (Å²) in [6.45, 7) is 8.91. The van der Waals surface area contributed by atoms with Gasteiger partial charge in [-0.1, -0.05) is 45.0 Å². The quantitative estimate of drug-likeness (QED) is 0.905. The molecule has 1 atom stereocenters. The highest BCUT2D eigenvalue weighted by Crippen LogP contribution is 2.28. The Morgan fingerprint density at radius 3 is 2.36 bits per heavy atom. The van der Waals surface area contributed by atoms with Crippen LogP contribution in [0.4, 0.5) is 0 Å². The number of nitrogens with two attached hydrogens (primary N) is 1. The predicted octanol–water partition coefficient (Wildman–Crippen LogP) is 3.05. The van der Waals surface area contributed by atoms with E-state index in [9.17, 15) is 4.79 Å². The second-order valence-electron chi connectivity index (χ2n) is 7.17. The Labute approximate surface area is 140 Å². The minimum Gasteiger partial charge on any atom is -0.342 e. The van der Waals surface area contributed by atoms with Crippen molar-refractivity contribution >= 4 is 18.3 Å². The Hall–Kier alpha value is -1.06. The van der Waals surface area contributed by atoms with Crippen LogP contribution in [0.15, 0.2) is 24.3 Å². The standard InChI is InChI=1S/C18H28N2O.ClH/c1-14(2)10-15-4-6-16(7-5-15)11-17(21)20-9-8-18(3,12-19)13-20;/h4-7,14H,8-13,19H2,1-3H3;1H. The van der Waals surface area contributed by atoms with Gasteiger partial charge in [0.05, 0.1) is 6.42 Å². The van der Waals surface area contributed by atoms with Crippen molar-refractivity contribution in [2.24, 2.45) is 17.1 Å². The lowest BCUT2D eigenvalue weighted by Gasteiger charge is -2.22. The molecule has 0 radical (unpaired) electrons. The smallest absolute Gasteiger partial charge is 0.227 e. The fourth-order valence-electron chi connectivity index (χ4n) is 2.95. The summed E-state index contributed by atoms with van der Waals surface area (Å²) in [5.74, 6) is 0.889. The first kappa shape index (κ1) is 19.0. The fourth-order valence-corrected chi connectivity index (χ4v) is 2.95. The first-order valence-corrected chi connectivity index (χ1v) is 7.97. The monoisotopic (exact) mass is 324 g/mol. The van der Waals surface area contributed by atoms with Crippen molar-refractivity contribution < 1.29 is 4.79 Å². The highest BCUT2D eigenvalue weighted by molar-refractivity contribution is 5.85. The van der Waals surface area contributed by atoms with Crippen LogP contribution in [0, 0.1) is 11.3 Å². The number of hydrogen-bond donors (Lipinski definition) is 1. The molecule has 1 aromatic carbocycles. The molecule has 1 amide bonds. The van der Waals surface area contributed by atoms with Crippen molar-refractivity contribution in [2.75, 3.05) is 19.6 Å². The van der Waals surface area contributed by atoms with E-state index < -0.39 is 0 Å². The number of carbonyl (C=O) groups excluding carboxylic acids is 1. The van der Waals surface area contributed by atoms with E-state index in [1.165, 1.54) is 5.56 Å². The maximum Gasteiger partial charge on any atom is 0.227 e. The summed E-state index contributed by atoms with van der Waals surface area (Å²) in [4.78, 5) is 14.3. The van der Waals surface area contributed by atoms with Crippen LogP contribution in [0.5, 0.6) is 0 Å². The number of benzene rings is 1. The lowest BCUT2D eigenvalue weighted by atomic mass is 9.90. The molecule has 124 valence electrons. The zero-order valence-corrected chi connectivity index (χ0v) is 14.8. The Bertz CT molecular complexity index is 486. The zero-order chi connectivity index (χ0) is 15.5. The van der Waals surface area contributed by atoms with Gasteiger partial charge in [0.1, 0.15) is 0 Å². The number of nitrogens with zero attached hydrogens (tertiary/aromatic N) is 1. The van der Waals surface area contributed by atoms with E-state index in [0.717, 1.165) is 31.5 Å². The predicted molar refractivity (Wildman–Crippen MR) is 94.3 cm³/mol. The normalized spacial score (nSPS) is 21.0. The van der Waals surface area contributed by atoms with E-state index in [1.54, 1.807) is 0 Å². The van der Waals surface area contributed by atoms with Crippen molar-refractivity contribution in [3.8, 4) is 0 Å². The zero-order valence-electron chi connectivity index (χ0n) is 14.0. The molecule has 1 aliphatic heterocycles. The fraction of sp³-hybridized carbons (Fsp3) is 0.611. The molecular weight excluding hydrogens is 296 g/mol. The minimum absolute atomic E-state index is 0. The van der Waals surface area contributed by atoms with E-state index in [4.69, 9.17) is 5.73 Å². The van der Waals surface area contributed by atoms with Gasteiger partial charge in [0.25, 0.3) is 0 Å². The molecule has 3 nitrogen and oxygen atoms in total. The Balaban J connectivity index is 0.00000242. The lowest BCUT2D eigenvalue weighted by molar-refractivity contribution is -0.129. The Morgan fingerprint density at radius 1 is 1.27 bits per heavy atom. The molecule has 1 aliphatic rings. The number of rotatable bonds is 5. The van der Waals surface area contributed by atoms with Crippen LogP contribution < -0.4 is 5.73 Å². The molecule has 1 fully saturated rings. The van der Waals surface area contributed by atoms with Crippen LogP contribution >= 0.6 is 12.4 Å². The van der Waals surface area contributed by atoms with Crippen molar-refractivity contribution in [3.63, 3.8) is 0 Å². The van der Waals surface area contributed by atoms with Crippen molar-refractivity contribution in [1.82, 2.24) is 4.90 Å². The van der Waals surface area contributed by atoms with E-state index in [1.807, 2.05) is 4.90 Å². The van der Waals surface area contributed by atoms with E-state index in [0.29, 0.717) is 18.9 Å². The summed E-state index contributed by atoms with van der Waals surface area (Å²) in [6.07, 6.45) is 2.61. The van der Waals surface area contributed by atoms with Gasteiger partial charge in [-0.05, 0) is 41.8 Å². The summed E-state index contributed by atoms with van der Waals surface area (Å²) < 4.78 is 0. The second kappa shape index (κ2) is 7.98. The Kier molecular flexibility index (Phi) is 6.89. The van der Waals surface area contributed by atoms with Gasteiger partial charge in [-0.3, -0.25) is 4.79 Å². The molecule has 0 spiro atoms. The minimum atomic E-state index is 0.